The number of aromatic nitrogens is 2. The fraction of sp³-hybridized carbons (Fsp3) is 0.462. The maximum Gasteiger partial charge on any atom is 0.273 e. The summed E-state index contributed by atoms with van der Waals surface area (Å²) in [4.78, 5) is 21.8. The lowest BCUT2D eigenvalue weighted by atomic mass is 10.2. The zero-order valence-electron chi connectivity index (χ0n) is 12.2. The summed E-state index contributed by atoms with van der Waals surface area (Å²) in [6.45, 7) is 6.17. The van der Waals surface area contributed by atoms with Gasteiger partial charge in [0.15, 0.2) is 5.69 Å². The van der Waals surface area contributed by atoms with Crippen LogP contribution in [0.2, 0.25) is 0 Å². The number of nitrogens with one attached hydrogen (secondary N) is 1. The number of nitrogens with zero attached hydrogens (tertiary/aromatic N) is 2. The average Bonchev–Trinajstić information content (AvgIpc) is 3.03. The summed E-state index contributed by atoms with van der Waals surface area (Å²) >= 11 is 1.60. The van der Waals surface area contributed by atoms with Crippen LogP contribution >= 0.6 is 23.7 Å². The van der Waals surface area contributed by atoms with Crippen molar-refractivity contribution >= 4 is 29.7 Å². The molecule has 116 valence electrons. The van der Waals surface area contributed by atoms with Crippen molar-refractivity contribution in [2.75, 3.05) is 0 Å². The number of thiazole rings is 1. The Balaban J connectivity index is 0.00000220. The summed E-state index contributed by atoms with van der Waals surface area (Å²) < 4.78 is 5.07. The Hall–Kier alpha value is -1.44. The van der Waals surface area contributed by atoms with E-state index in [2.05, 4.69) is 15.3 Å². The molecule has 8 heteroatoms. The van der Waals surface area contributed by atoms with Crippen molar-refractivity contribution in [3.63, 3.8) is 0 Å². The van der Waals surface area contributed by atoms with Crippen LogP contribution in [0.1, 0.15) is 51.3 Å². The highest BCUT2D eigenvalue weighted by Crippen LogP contribution is 2.25. The van der Waals surface area contributed by atoms with E-state index in [-0.39, 0.29) is 36.6 Å². The van der Waals surface area contributed by atoms with Gasteiger partial charge in [-0.1, -0.05) is 6.92 Å². The van der Waals surface area contributed by atoms with Gasteiger partial charge in [-0.3, -0.25) is 4.79 Å². The van der Waals surface area contributed by atoms with Gasteiger partial charge in [0.05, 0.1) is 18.3 Å². The number of rotatable bonds is 5. The molecule has 3 N–H and O–H groups in total. The van der Waals surface area contributed by atoms with Crippen LogP contribution in [0.15, 0.2) is 10.7 Å². The molecule has 0 aliphatic rings. The van der Waals surface area contributed by atoms with E-state index in [0.717, 1.165) is 17.1 Å². The highest BCUT2D eigenvalue weighted by molar-refractivity contribution is 7.11. The number of oxazole rings is 1. The monoisotopic (exact) mass is 330 g/mol. The quantitative estimate of drug-likeness (QED) is 0.878. The molecule has 1 amide bonds. The Labute approximate surface area is 133 Å². The first-order valence-electron chi connectivity index (χ1n) is 6.44. The van der Waals surface area contributed by atoms with Crippen LogP contribution in [0.3, 0.4) is 0 Å². The first-order chi connectivity index (χ1) is 9.55. The fourth-order valence-corrected chi connectivity index (χ4v) is 2.78. The number of amides is 1. The van der Waals surface area contributed by atoms with Crippen molar-refractivity contribution < 1.29 is 9.21 Å². The van der Waals surface area contributed by atoms with Crippen LogP contribution < -0.4 is 11.1 Å². The minimum Gasteiger partial charge on any atom is -0.447 e. The molecule has 0 saturated carbocycles. The van der Waals surface area contributed by atoms with Gasteiger partial charge in [0.2, 0.25) is 5.89 Å². The third kappa shape index (κ3) is 4.03. The normalized spacial score (nSPS) is 11.8. The van der Waals surface area contributed by atoms with Crippen LogP contribution in [0.4, 0.5) is 0 Å². The van der Waals surface area contributed by atoms with Crippen molar-refractivity contribution in [3.8, 4) is 0 Å². The highest BCUT2D eigenvalue weighted by Gasteiger charge is 2.20. The molecule has 6 nitrogen and oxygen atoms in total. The smallest absolute Gasteiger partial charge is 0.273 e. The fourth-order valence-electron chi connectivity index (χ4n) is 1.73. The molecule has 0 aliphatic heterocycles. The van der Waals surface area contributed by atoms with Gasteiger partial charge in [0.1, 0.15) is 11.3 Å². The molecule has 0 saturated heterocycles. The molecule has 2 aromatic heterocycles. The number of nitrogens with two attached hydrogens (primary N) is 1. The first-order valence-corrected chi connectivity index (χ1v) is 7.26. The molecule has 0 spiro atoms. The molecule has 0 aliphatic carbocycles. The van der Waals surface area contributed by atoms with Gasteiger partial charge in [-0.15, -0.1) is 23.7 Å². The van der Waals surface area contributed by atoms with Crippen LogP contribution in [-0.4, -0.2) is 15.9 Å². The van der Waals surface area contributed by atoms with Gasteiger partial charge >= 0.3 is 0 Å². The van der Waals surface area contributed by atoms with Crippen LogP contribution in [-0.2, 0) is 6.54 Å². The zero-order valence-corrected chi connectivity index (χ0v) is 13.8. The molecule has 21 heavy (non-hydrogen) atoms. The number of halogens is 1. The molecule has 2 heterocycles. The predicted octanol–water partition coefficient (Wildman–Crippen LogP) is 2.51. The van der Waals surface area contributed by atoms with Crippen molar-refractivity contribution in [2.24, 2.45) is 5.73 Å². The SMILES string of the molecule is CCC(NC(=O)c1coc(CN)n1)c1nc(C)c(C)s1.Cl. The van der Waals surface area contributed by atoms with Crippen molar-refractivity contribution in [3.05, 3.63) is 33.4 Å². The Morgan fingerprint density at radius 2 is 2.19 bits per heavy atom. The summed E-state index contributed by atoms with van der Waals surface area (Å²) in [6, 6.07) is -0.113. The largest absolute Gasteiger partial charge is 0.447 e. The third-order valence-corrected chi connectivity index (χ3v) is 4.20. The number of aryl methyl sites for hydroxylation is 2. The number of carbonyl (C=O) groups is 1. The topological polar surface area (TPSA) is 94.0 Å². The molecular weight excluding hydrogens is 312 g/mol. The van der Waals surface area contributed by atoms with E-state index in [4.69, 9.17) is 10.2 Å². The molecule has 1 unspecified atom stereocenters. The van der Waals surface area contributed by atoms with Crippen LogP contribution in [0, 0.1) is 13.8 Å². The van der Waals surface area contributed by atoms with Crippen molar-refractivity contribution in [2.45, 2.75) is 39.8 Å². The maximum atomic E-state index is 12.1. The van der Waals surface area contributed by atoms with E-state index in [0.29, 0.717) is 5.89 Å². The van der Waals surface area contributed by atoms with Gasteiger partial charge in [-0.25, -0.2) is 9.97 Å². The van der Waals surface area contributed by atoms with Crippen molar-refractivity contribution in [1.82, 2.24) is 15.3 Å². The molecule has 2 aromatic rings. The maximum absolute atomic E-state index is 12.1. The lowest BCUT2D eigenvalue weighted by Crippen LogP contribution is -2.28. The first kappa shape index (κ1) is 17.6. The van der Waals surface area contributed by atoms with E-state index >= 15 is 0 Å². The minimum atomic E-state index is -0.272. The number of carbonyl (C=O) groups excluding carboxylic acids is 1. The number of hydrogen-bond acceptors (Lipinski definition) is 6. The van der Waals surface area contributed by atoms with E-state index in [9.17, 15) is 4.79 Å². The molecule has 2 rings (SSSR count). The number of hydrogen-bond donors (Lipinski definition) is 2. The van der Waals surface area contributed by atoms with E-state index in [1.807, 2.05) is 20.8 Å². The lowest BCUT2D eigenvalue weighted by Gasteiger charge is -2.13. The Bertz CT molecular complexity index is 592. The van der Waals surface area contributed by atoms with Crippen molar-refractivity contribution in [1.29, 1.82) is 0 Å². The Morgan fingerprint density at radius 3 is 2.67 bits per heavy atom. The Morgan fingerprint density at radius 1 is 1.48 bits per heavy atom. The minimum absolute atomic E-state index is 0. The summed E-state index contributed by atoms with van der Waals surface area (Å²) in [5.41, 5.74) is 6.65. The molecule has 1 atom stereocenters. The van der Waals surface area contributed by atoms with Crippen LogP contribution in [0.25, 0.3) is 0 Å². The van der Waals surface area contributed by atoms with Gasteiger partial charge in [0, 0.05) is 4.88 Å². The second-order valence-electron chi connectivity index (χ2n) is 4.46. The second-order valence-corrected chi connectivity index (χ2v) is 5.69. The average molecular weight is 331 g/mol. The molecule has 0 bridgehead atoms. The van der Waals surface area contributed by atoms with Gasteiger partial charge in [-0.05, 0) is 20.3 Å². The second kappa shape index (κ2) is 7.53. The molecule has 0 radical (unpaired) electrons. The van der Waals surface area contributed by atoms with E-state index in [1.165, 1.54) is 11.1 Å². The molecule has 0 fully saturated rings. The van der Waals surface area contributed by atoms with E-state index < -0.39 is 0 Å². The summed E-state index contributed by atoms with van der Waals surface area (Å²) in [5.74, 6) is 0.0787. The summed E-state index contributed by atoms with van der Waals surface area (Å²) in [5, 5.41) is 3.84. The molecule has 0 aromatic carbocycles. The van der Waals surface area contributed by atoms with Crippen LogP contribution in [0.5, 0.6) is 0 Å². The van der Waals surface area contributed by atoms with Gasteiger partial charge in [0.25, 0.3) is 5.91 Å². The molecular formula is C13H19ClN4O2S. The summed E-state index contributed by atoms with van der Waals surface area (Å²) in [7, 11) is 0. The predicted molar refractivity (Wildman–Crippen MR) is 83.7 cm³/mol. The van der Waals surface area contributed by atoms with Gasteiger partial charge < -0.3 is 15.5 Å². The Kier molecular flexibility index (Phi) is 6.32. The standard InChI is InChI=1S/C13H18N4O2S.ClH/c1-4-9(13-15-7(2)8(3)20-13)17-12(18)10-6-19-11(5-14)16-10;/h6,9H,4-5,14H2,1-3H3,(H,17,18);1H. The summed E-state index contributed by atoms with van der Waals surface area (Å²) in [6.07, 6.45) is 2.09. The lowest BCUT2D eigenvalue weighted by molar-refractivity contribution is 0.0930. The zero-order chi connectivity index (χ0) is 14.7. The highest BCUT2D eigenvalue weighted by atomic mass is 35.5. The van der Waals surface area contributed by atoms with E-state index in [1.54, 1.807) is 11.3 Å². The van der Waals surface area contributed by atoms with Gasteiger partial charge in [-0.2, -0.15) is 0 Å². The third-order valence-electron chi connectivity index (χ3n) is 3.02.